The van der Waals surface area contributed by atoms with Gasteiger partial charge in [-0.2, -0.15) is 0 Å². The summed E-state index contributed by atoms with van der Waals surface area (Å²) in [5, 5.41) is 9.43. The molecule has 102 valence electrons. The Balaban J connectivity index is 2.21. The lowest BCUT2D eigenvalue weighted by atomic mass is 9.90. The second-order valence-electron chi connectivity index (χ2n) is 5.87. The number of carboxylic acids is 1. The molecule has 2 saturated heterocycles. The highest BCUT2D eigenvalue weighted by molar-refractivity contribution is 5.85. The second-order valence-corrected chi connectivity index (χ2v) is 5.87. The number of rotatable bonds is 1. The summed E-state index contributed by atoms with van der Waals surface area (Å²) in [7, 11) is 0. The topological polar surface area (TPSA) is 76.1 Å². The Kier molecular flexibility index (Phi) is 3.01. The Hall–Kier alpha value is -1.30. The summed E-state index contributed by atoms with van der Waals surface area (Å²) >= 11 is 0. The van der Waals surface area contributed by atoms with E-state index in [-0.39, 0.29) is 6.10 Å². The number of ether oxygens (including phenoxy) is 2. The Morgan fingerprint density at radius 2 is 2.11 bits per heavy atom. The third kappa shape index (κ3) is 2.16. The molecule has 2 aliphatic heterocycles. The van der Waals surface area contributed by atoms with Gasteiger partial charge in [0.15, 0.2) is 0 Å². The van der Waals surface area contributed by atoms with Gasteiger partial charge >= 0.3 is 12.1 Å². The lowest BCUT2D eigenvalue weighted by Crippen LogP contribution is -2.54. The van der Waals surface area contributed by atoms with E-state index in [1.54, 1.807) is 20.8 Å². The van der Waals surface area contributed by atoms with Crippen LogP contribution < -0.4 is 0 Å². The third-order valence-electron chi connectivity index (χ3n) is 3.35. The molecule has 0 radical (unpaired) electrons. The van der Waals surface area contributed by atoms with Crippen LogP contribution in [0, 0.1) is 0 Å². The highest BCUT2D eigenvalue weighted by Crippen LogP contribution is 2.39. The molecule has 1 unspecified atom stereocenters. The lowest BCUT2D eigenvalue weighted by Gasteiger charge is -2.35. The molecule has 18 heavy (non-hydrogen) atoms. The molecule has 0 aromatic heterocycles. The van der Waals surface area contributed by atoms with Crippen LogP contribution in [0.2, 0.25) is 0 Å². The number of hydrogen-bond donors (Lipinski definition) is 1. The zero-order chi connectivity index (χ0) is 13.6. The van der Waals surface area contributed by atoms with E-state index >= 15 is 0 Å². The fourth-order valence-corrected chi connectivity index (χ4v) is 2.55. The highest BCUT2D eigenvalue weighted by atomic mass is 16.6. The zero-order valence-electron chi connectivity index (χ0n) is 10.9. The van der Waals surface area contributed by atoms with Crippen LogP contribution >= 0.6 is 0 Å². The van der Waals surface area contributed by atoms with Crippen LogP contribution in [0.3, 0.4) is 0 Å². The molecule has 2 fully saturated rings. The van der Waals surface area contributed by atoms with Crippen LogP contribution in [-0.4, -0.2) is 52.5 Å². The van der Waals surface area contributed by atoms with Crippen LogP contribution in [0.4, 0.5) is 4.79 Å². The number of carboxylic acid groups (broad SMARTS) is 1. The van der Waals surface area contributed by atoms with Crippen LogP contribution in [-0.2, 0) is 14.3 Å². The van der Waals surface area contributed by atoms with Crippen molar-refractivity contribution in [3.05, 3.63) is 0 Å². The van der Waals surface area contributed by atoms with Crippen molar-refractivity contribution < 1.29 is 24.2 Å². The van der Waals surface area contributed by atoms with Crippen molar-refractivity contribution in [2.45, 2.75) is 50.9 Å². The fraction of sp³-hybridized carbons (Fsp3) is 0.833. The molecule has 1 amide bonds. The molecule has 2 aliphatic rings. The monoisotopic (exact) mass is 257 g/mol. The number of nitrogens with zero attached hydrogens (tertiary/aromatic N) is 1. The molecule has 0 aromatic rings. The maximum Gasteiger partial charge on any atom is 0.411 e. The highest BCUT2D eigenvalue weighted by Gasteiger charge is 2.57. The molecule has 2 atom stereocenters. The number of carbonyl (C=O) groups excluding carboxylic acids is 1. The molecule has 2 bridgehead atoms. The van der Waals surface area contributed by atoms with Crippen LogP contribution in [0.1, 0.15) is 33.6 Å². The minimum absolute atomic E-state index is 0.192. The van der Waals surface area contributed by atoms with Gasteiger partial charge in [-0.15, -0.1) is 0 Å². The molecule has 0 aromatic carbocycles. The quantitative estimate of drug-likeness (QED) is 0.764. The number of amides is 1. The van der Waals surface area contributed by atoms with Crippen molar-refractivity contribution >= 4 is 12.1 Å². The van der Waals surface area contributed by atoms with E-state index in [1.807, 2.05) is 0 Å². The van der Waals surface area contributed by atoms with E-state index in [0.29, 0.717) is 26.0 Å². The molecule has 6 nitrogen and oxygen atoms in total. The third-order valence-corrected chi connectivity index (χ3v) is 3.35. The zero-order valence-corrected chi connectivity index (χ0v) is 10.9. The predicted molar refractivity (Wildman–Crippen MR) is 62.3 cm³/mol. The molecular weight excluding hydrogens is 238 g/mol. The summed E-state index contributed by atoms with van der Waals surface area (Å²) in [6.45, 7) is 5.95. The summed E-state index contributed by atoms with van der Waals surface area (Å²) in [5.74, 6) is -0.973. The summed E-state index contributed by atoms with van der Waals surface area (Å²) in [6.07, 6.45) is -0.0973. The lowest BCUT2D eigenvalue weighted by molar-refractivity contribution is -0.152. The van der Waals surface area contributed by atoms with Gasteiger partial charge in [0.1, 0.15) is 11.1 Å². The van der Waals surface area contributed by atoms with Gasteiger partial charge in [-0.3, -0.25) is 4.90 Å². The van der Waals surface area contributed by atoms with Gasteiger partial charge in [0.05, 0.1) is 12.6 Å². The van der Waals surface area contributed by atoms with Gasteiger partial charge in [-0.25, -0.2) is 9.59 Å². The van der Waals surface area contributed by atoms with E-state index in [9.17, 15) is 14.7 Å². The van der Waals surface area contributed by atoms with Crippen molar-refractivity contribution in [3.8, 4) is 0 Å². The molecule has 2 rings (SSSR count). The maximum absolute atomic E-state index is 12.1. The Morgan fingerprint density at radius 1 is 1.44 bits per heavy atom. The number of hydrogen-bond acceptors (Lipinski definition) is 4. The summed E-state index contributed by atoms with van der Waals surface area (Å²) < 4.78 is 10.7. The molecular formula is C12H19NO5. The van der Waals surface area contributed by atoms with E-state index in [2.05, 4.69) is 0 Å². The Morgan fingerprint density at radius 3 is 2.67 bits per heavy atom. The normalized spacial score (nSPS) is 31.3. The molecule has 1 N–H and O–H groups in total. The minimum Gasteiger partial charge on any atom is -0.479 e. The van der Waals surface area contributed by atoms with Crippen LogP contribution in [0.15, 0.2) is 0 Å². The van der Waals surface area contributed by atoms with Gasteiger partial charge in [-0.05, 0) is 20.8 Å². The van der Waals surface area contributed by atoms with Gasteiger partial charge in [0, 0.05) is 19.4 Å². The Labute approximate surface area is 106 Å². The molecule has 0 aliphatic carbocycles. The van der Waals surface area contributed by atoms with Crippen LogP contribution in [0.5, 0.6) is 0 Å². The predicted octanol–water partition coefficient (Wildman–Crippen LogP) is 1.24. The summed E-state index contributed by atoms with van der Waals surface area (Å²) in [4.78, 5) is 24.9. The van der Waals surface area contributed by atoms with E-state index in [1.165, 1.54) is 4.90 Å². The van der Waals surface area contributed by atoms with Crippen molar-refractivity contribution in [2.24, 2.45) is 0 Å². The van der Waals surface area contributed by atoms with Crippen molar-refractivity contribution in [2.75, 3.05) is 13.2 Å². The smallest absolute Gasteiger partial charge is 0.411 e. The first-order valence-corrected chi connectivity index (χ1v) is 6.10. The molecule has 6 heteroatoms. The Bertz CT molecular complexity index is 375. The average Bonchev–Trinajstić information content (AvgIpc) is 2.49. The maximum atomic E-state index is 12.1. The number of carbonyl (C=O) groups is 2. The first kappa shape index (κ1) is 13.1. The molecule has 2 heterocycles. The van der Waals surface area contributed by atoms with Crippen LogP contribution in [0.25, 0.3) is 0 Å². The summed E-state index contributed by atoms with van der Waals surface area (Å²) in [6, 6.07) is 0. The summed E-state index contributed by atoms with van der Waals surface area (Å²) in [5.41, 5.74) is -1.78. The van der Waals surface area contributed by atoms with E-state index in [0.717, 1.165) is 0 Å². The SMILES string of the molecule is CC(C)(C)OC(=O)N1C[C@@H]2CC1(C(=O)O)CCO2. The molecule has 0 spiro atoms. The standard InChI is InChI=1S/C12H19NO5/c1-11(2,3)18-10(16)13-7-8-6-12(13,9(14)15)4-5-17-8/h8H,4-7H2,1-3H3,(H,14,15)/t8-,12?/m0/s1. The first-order valence-electron chi connectivity index (χ1n) is 6.10. The van der Waals surface area contributed by atoms with Gasteiger partial charge in [0.25, 0.3) is 0 Å². The van der Waals surface area contributed by atoms with E-state index < -0.39 is 23.2 Å². The van der Waals surface area contributed by atoms with Crippen molar-refractivity contribution in [1.82, 2.24) is 4.90 Å². The first-order chi connectivity index (χ1) is 8.24. The van der Waals surface area contributed by atoms with Gasteiger partial charge in [-0.1, -0.05) is 0 Å². The number of fused-ring (bicyclic) bond motifs is 2. The fourth-order valence-electron chi connectivity index (χ4n) is 2.55. The van der Waals surface area contributed by atoms with Gasteiger partial charge < -0.3 is 14.6 Å². The van der Waals surface area contributed by atoms with Crippen molar-refractivity contribution in [3.63, 3.8) is 0 Å². The number of likely N-dealkylation sites (tertiary alicyclic amines) is 1. The van der Waals surface area contributed by atoms with Gasteiger partial charge in [0.2, 0.25) is 0 Å². The molecule has 0 saturated carbocycles. The number of aliphatic carboxylic acids is 1. The van der Waals surface area contributed by atoms with Crippen molar-refractivity contribution in [1.29, 1.82) is 0 Å². The minimum atomic E-state index is -1.15. The average molecular weight is 257 g/mol. The largest absolute Gasteiger partial charge is 0.479 e. The second kappa shape index (κ2) is 4.12. The van der Waals surface area contributed by atoms with E-state index in [4.69, 9.17) is 9.47 Å².